The molecule has 5 aromatic rings. The molecule has 10 nitrogen and oxygen atoms in total. The van der Waals surface area contributed by atoms with E-state index in [1.54, 1.807) is 17.1 Å². The van der Waals surface area contributed by atoms with Gasteiger partial charge in [0.25, 0.3) is 0 Å². The fraction of sp³-hybridized carbons (Fsp3) is 0.250. The minimum absolute atomic E-state index is 0.176. The zero-order valence-corrected chi connectivity index (χ0v) is 18.4. The number of rotatable bonds is 6. The van der Waals surface area contributed by atoms with Crippen molar-refractivity contribution >= 4 is 17.1 Å². The Labute approximate surface area is 195 Å². The van der Waals surface area contributed by atoms with Crippen LogP contribution in [0.25, 0.3) is 28.0 Å². The smallest absolute Gasteiger partial charge is 0.225 e. The molecule has 2 atom stereocenters. The summed E-state index contributed by atoms with van der Waals surface area (Å²) in [4.78, 5) is 13.2. The van der Waals surface area contributed by atoms with Crippen LogP contribution < -0.4 is 5.32 Å². The highest BCUT2D eigenvalue weighted by Gasteiger charge is 2.23. The van der Waals surface area contributed by atoms with E-state index in [1.165, 1.54) is 0 Å². The molecule has 1 saturated carbocycles. The lowest BCUT2D eigenvalue weighted by atomic mass is 10.1. The van der Waals surface area contributed by atoms with Crippen molar-refractivity contribution in [2.45, 2.75) is 38.0 Å². The molecule has 1 fully saturated rings. The van der Waals surface area contributed by atoms with Crippen LogP contribution in [0.15, 0.2) is 67.4 Å². The lowest BCUT2D eigenvalue weighted by molar-refractivity contribution is 0.182. The van der Waals surface area contributed by atoms with E-state index in [2.05, 4.69) is 35.7 Å². The van der Waals surface area contributed by atoms with Crippen LogP contribution in [0.4, 0.5) is 5.95 Å². The first-order valence-corrected chi connectivity index (χ1v) is 11.3. The minimum Gasteiger partial charge on any atom is -0.393 e. The molecule has 0 amide bonds. The molecule has 1 aliphatic carbocycles. The number of pyridine rings is 1. The van der Waals surface area contributed by atoms with Crippen LogP contribution in [0, 0.1) is 0 Å². The lowest BCUT2D eigenvalue weighted by Crippen LogP contribution is -2.18. The Morgan fingerprint density at radius 1 is 1.03 bits per heavy atom. The van der Waals surface area contributed by atoms with Gasteiger partial charge in [-0.25, -0.2) is 4.98 Å². The molecule has 1 aromatic carbocycles. The van der Waals surface area contributed by atoms with Gasteiger partial charge in [-0.1, -0.05) is 23.4 Å². The molecule has 6 rings (SSSR count). The number of fused-ring (bicyclic) bond motifs is 1. The summed E-state index contributed by atoms with van der Waals surface area (Å²) in [6, 6.07) is 12.2. The summed E-state index contributed by atoms with van der Waals surface area (Å²) in [5, 5.41) is 26.0. The topological polar surface area (TPSA) is 119 Å². The second-order valence-electron chi connectivity index (χ2n) is 8.55. The first-order chi connectivity index (χ1) is 16.7. The van der Waals surface area contributed by atoms with Gasteiger partial charge >= 0.3 is 0 Å². The SMILES string of the molecule is O[C@@H]1CC[C@@H](Nc2ncc3nnn(-c4ccc(-c5cnn(Cc6cccnc6)c5)cc4)c3n2)C1. The summed E-state index contributed by atoms with van der Waals surface area (Å²) in [6.45, 7) is 0.673. The van der Waals surface area contributed by atoms with E-state index in [4.69, 9.17) is 0 Å². The third-order valence-electron chi connectivity index (χ3n) is 6.08. The average molecular weight is 454 g/mol. The van der Waals surface area contributed by atoms with Crippen molar-refractivity contribution in [1.29, 1.82) is 0 Å². The Morgan fingerprint density at radius 3 is 2.74 bits per heavy atom. The summed E-state index contributed by atoms with van der Waals surface area (Å²) in [6.07, 6.45) is 11.3. The molecule has 2 N–H and O–H groups in total. The van der Waals surface area contributed by atoms with Gasteiger partial charge in [0.2, 0.25) is 5.95 Å². The molecule has 0 unspecified atom stereocenters. The van der Waals surface area contributed by atoms with E-state index in [0.29, 0.717) is 30.1 Å². The fourth-order valence-electron chi connectivity index (χ4n) is 4.32. The summed E-state index contributed by atoms with van der Waals surface area (Å²) in [5.74, 6) is 0.521. The van der Waals surface area contributed by atoms with Crippen molar-refractivity contribution < 1.29 is 5.11 Å². The predicted molar refractivity (Wildman–Crippen MR) is 126 cm³/mol. The summed E-state index contributed by atoms with van der Waals surface area (Å²) < 4.78 is 3.61. The first kappa shape index (κ1) is 20.4. The molecule has 170 valence electrons. The minimum atomic E-state index is -0.255. The number of anilines is 1. The second kappa shape index (κ2) is 8.64. The maximum absolute atomic E-state index is 9.77. The van der Waals surface area contributed by atoms with Crippen LogP contribution in [0.1, 0.15) is 24.8 Å². The van der Waals surface area contributed by atoms with Gasteiger partial charge in [-0.05, 0) is 48.6 Å². The number of hydrogen-bond acceptors (Lipinski definition) is 8. The van der Waals surface area contributed by atoms with Crippen LogP contribution in [0.2, 0.25) is 0 Å². The van der Waals surface area contributed by atoms with Gasteiger partial charge in [-0.15, -0.1) is 5.10 Å². The number of aromatic nitrogens is 8. The first-order valence-electron chi connectivity index (χ1n) is 11.3. The molecule has 4 heterocycles. The monoisotopic (exact) mass is 453 g/mol. The van der Waals surface area contributed by atoms with E-state index >= 15 is 0 Å². The van der Waals surface area contributed by atoms with Gasteiger partial charge < -0.3 is 10.4 Å². The molecule has 4 aromatic heterocycles. The van der Waals surface area contributed by atoms with E-state index in [9.17, 15) is 5.11 Å². The maximum Gasteiger partial charge on any atom is 0.225 e. The van der Waals surface area contributed by atoms with E-state index in [0.717, 1.165) is 35.2 Å². The average Bonchev–Trinajstić information content (AvgIpc) is 3.60. The van der Waals surface area contributed by atoms with Crippen LogP contribution in [0.5, 0.6) is 0 Å². The van der Waals surface area contributed by atoms with Crippen molar-refractivity contribution in [2.75, 3.05) is 5.32 Å². The fourth-order valence-corrected chi connectivity index (χ4v) is 4.32. The normalized spacial score (nSPS) is 17.9. The highest BCUT2D eigenvalue weighted by atomic mass is 16.3. The van der Waals surface area contributed by atoms with Gasteiger partial charge in [0.15, 0.2) is 11.2 Å². The molecule has 0 saturated heterocycles. The molecule has 0 aliphatic heterocycles. The van der Waals surface area contributed by atoms with Gasteiger partial charge in [0.1, 0.15) is 0 Å². The van der Waals surface area contributed by atoms with Gasteiger partial charge in [0, 0.05) is 30.2 Å². The molecule has 10 heteroatoms. The molecule has 1 aliphatic rings. The highest BCUT2D eigenvalue weighted by molar-refractivity contribution is 5.72. The summed E-state index contributed by atoms with van der Waals surface area (Å²) in [5.41, 5.74) is 5.31. The van der Waals surface area contributed by atoms with E-state index in [1.807, 2.05) is 59.7 Å². The van der Waals surface area contributed by atoms with Gasteiger partial charge in [0.05, 0.1) is 30.7 Å². The van der Waals surface area contributed by atoms with E-state index < -0.39 is 0 Å². The molecular weight excluding hydrogens is 430 g/mol. The van der Waals surface area contributed by atoms with Crippen molar-refractivity contribution in [2.24, 2.45) is 0 Å². The Hall–Kier alpha value is -4.18. The predicted octanol–water partition coefficient (Wildman–Crippen LogP) is 2.84. The summed E-state index contributed by atoms with van der Waals surface area (Å²) in [7, 11) is 0. The van der Waals surface area contributed by atoms with Crippen LogP contribution >= 0.6 is 0 Å². The van der Waals surface area contributed by atoms with Crippen molar-refractivity contribution in [1.82, 2.24) is 39.7 Å². The van der Waals surface area contributed by atoms with E-state index in [-0.39, 0.29) is 12.1 Å². The Balaban J connectivity index is 1.22. The van der Waals surface area contributed by atoms with Crippen molar-refractivity contribution in [3.05, 3.63) is 72.9 Å². The Bertz CT molecular complexity index is 1410. The van der Waals surface area contributed by atoms with Crippen LogP contribution in [-0.4, -0.2) is 57.0 Å². The van der Waals surface area contributed by atoms with Gasteiger partial charge in [-0.2, -0.15) is 14.8 Å². The Morgan fingerprint density at radius 2 is 1.94 bits per heavy atom. The molecule has 0 bridgehead atoms. The number of aliphatic hydroxyl groups is 1. The van der Waals surface area contributed by atoms with Crippen LogP contribution in [0.3, 0.4) is 0 Å². The number of benzene rings is 1. The molecule has 0 radical (unpaired) electrons. The van der Waals surface area contributed by atoms with Crippen molar-refractivity contribution in [3.63, 3.8) is 0 Å². The third-order valence-corrected chi connectivity index (χ3v) is 6.08. The quantitative estimate of drug-likeness (QED) is 0.403. The largest absolute Gasteiger partial charge is 0.393 e. The number of aliphatic hydroxyl groups excluding tert-OH is 1. The Kier molecular flexibility index (Phi) is 5.19. The lowest BCUT2D eigenvalue weighted by Gasteiger charge is -2.11. The third kappa shape index (κ3) is 4.11. The maximum atomic E-state index is 9.77. The van der Waals surface area contributed by atoms with Crippen molar-refractivity contribution in [3.8, 4) is 16.8 Å². The van der Waals surface area contributed by atoms with Gasteiger partial charge in [-0.3, -0.25) is 9.67 Å². The second-order valence-corrected chi connectivity index (χ2v) is 8.55. The molecule has 0 spiro atoms. The zero-order valence-electron chi connectivity index (χ0n) is 18.4. The van der Waals surface area contributed by atoms with Crippen LogP contribution in [-0.2, 0) is 6.54 Å². The zero-order chi connectivity index (χ0) is 22.9. The highest BCUT2D eigenvalue weighted by Crippen LogP contribution is 2.24. The number of nitrogens with one attached hydrogen (secondary N) is 1. The number of hydrogen-bond donors (Lipinski definition) is 2. The molecule has 34 heavy (non-hydrogen) atoms. The molecular formula is C24H23N9O. The summed E-state index contributed by atoms with van der Waals surface area (Å²) >= 11 is 0. The standard InChI is InChI=1S/C24H23N9O/c34-21-8-5-19(10-21)28-24-26-13-22-23(29-24)33(31-30-22)20-6-3-17(4-7-20)18-12-27-32(15-18)14-16-2-1-9-25-11-16/h1-4,6-7,9,11-13,15,19,21,34H,5,8,10,14H2,(H,26,28,29)/t19-,21-/m1/s1. The number of nitrogens with zero attached hydrogens (tertiary/aromatic N) is 8.